The monoisotopic (exact) mass is 265 g/mol. The van der Waals surface area contributed by atoms with Crippen molar-refractivity contribution in [2.24, 2.45) is 5.73 Å². The maximum Gasteiger partial charge on any atom is 0.410 e. The molecule has 1 atom stereocenters. The Kier molecular flexibility index (Phi) is 2.81. The van der Waals surface area contributed by atoms with E-state index < -0.39 is 6.09 Å². The van der Waals surface area contributed by atoms with Crippen LogP contribution in [0.15, 0.2) is 24.3 Å². The highest BCUT2D eigenvalue weighted by Crippen LogP contribution is 2.44. The molecule has 18 heavy (non-hydrogen) atoms. The predicted octanol–water partition coefficient (Wildman–Crippen LogP) is 2.14. The number of primary amides is 1. The number of rotatable bonds is 4. The molecule has 1 aromatic carbocycles. The molecule has 0 aliphatic carbocycles. The van der Waals surface area contributed by atoms with Crippen LogP contribution in [0.3, 0.4) is 0 Å². The van der Waals surface area contributed by atoms with Crippen molar-refractivity contribution < 1.29 is 19.0 Å². The van der Waals surface area contributed by atoms with Gasteiger partial charge in [0.15, 0.2) is 5.75 Å². The zero-order valence-electron chi connectivity index (χ0n) is 9.42. The number of thiophene rings is 1. The largest absolute Gasteiger partial charge is 0.485 e. The summed E-state index contributed by atoms with van der Waals surface area (Å²) in [6.45, 7) is 1.17. The van der Waals surface area contributed by atoms with Crippen LogP contribution < -0.4 is 15.2 Å². The van der Waals surface area contributed by atoms with Gasteiger partial charge in [0.25, 0.3) is 0 Å². The summed E-state index contributed by atoms with van der Waals surface area (Å²) in [6, 6.07) is 7.68. The summed E-state index contributed by atoms with van der Waals surface area (Å²) < 4.78 is 16.7. The fourth-order valence-electron chi connectivity index (χ4n) is 1.64. The third-order valence-corrected chi connectivity index (χ3v) is 3.56. The van der Waals surface area contributed by atoms with Crippen LogP contribution in [0, 0.1) is 0 Å². The van der Waals surface area contributed by atoms with Gasteiger partial charge in [0.2, 0.25) is 5.06 Å². The minimum Gasteiger partial charge on any atom is -0.485 e. The summed E-state index contributed by atoms with van der Waals surface area (Å²) >= 11 is 1.34. The molecule has 0 saturated carbocycles. The van der Waals surface area contributed by atoms with Gasteiger partial charge in [-0.15, -0.1) is 0 Å². The lowest BCUT2D eigenvalue weighted by atomic mass is 10.2. The highest BCUT2D eigenvalue weighted by Gasteiger charge is 2.25. The second-order valence-corrected chi connectivity index (χ2v) is 4.92. The number of nitrogens with two attached hydrogens (primary N) is 1. The van der Waals surface area contributed by atoms with Crippen LogP contribution in [0.2, 0.25) is 0 Å². The van der Waals surface area contributed by atoms with Crippen LogP contribution in [0.1, 0.15) is 0 Å². The maximum absolute atomic E-state index is 10.9. The van der Waals surface area contributed by atoms with Gasteiger partial charge >= 0.3 is 6.09 Å². The first kappa shape index (κ1) is 11.3. The van der Waals surface area contributed by atoms with Crippen LogP contribution in [-0.2, 0) is 4.74 Å². The average molecular weight is 265 g/mol. The predicted molar refractivity (Wildman–Crippen MR) is 67.3 cm³/mol. The van der Waals surface area contributed by atoms with Gasteiger partial charge in [0.05, 0.1) is 6.61 Å². The Bertz CT molecular complexity index is 591. The molecule has 0 radical (unpaired) electrons. The minimum absolute atomic E-state index is 0.144. The summed E-state index contributed by atoms with van der Waals surface area (Å²) in [5.74, 6) is 0.560. The van der Waals surface area contributed by atoms with E-state index in [2.05, 4.69) is 0 Å². The maximum atomic E-state index is 10.9. The summed E-state index contributed by atoms with van der Waals surface area (Å²) in [4.78, 5) is 10.9. The Labute approximate surface area is 107 Å². The number of ether oxygens (including phenoxy) is 3. The standard InChI is InChI=1S/C12H11NO4S/c13-12(14)17-11-10(16-6-7-5-15-7)8-3-1-2-4-9(8)18-11/h1-4,7H,5-6H2,(H2,13,14). The van der Waals surface area contributed by atoms with Gasteiger partial charge in [-0.3, -0.25) is 0 Å². The number of carbonyl (C=O) groups excluding carboxylic acids is 1. The van der Waals surface area contributed by atoms with Crippen molar-refractivity contribution in [2.75, 3.05) is 13.2 Å². The summed E-state index contributed by atoms with van der Waals surface area (Å²) in [5, 5.41) is 1.31. The molecule has 1 aliphatic rings. The zero-order chi connectivity index (χ0) is 12.5. The van der Waals surface area contributed by atoms with Gasteiger partial charge in [-0.05, 0) is 12.1 Å². The summed E-state index contributed by atoms with van der Waals surface area (Å²) in [6.07, 6.45) is -0.695. The molecule has 1 unspecified atom stereocenters. The molecule has 2 aromatic rings. The third kappa shape index (κ3) is 2.25. The Morgan fingerprint density at radius 2 is 2.28 bits per heavy atom. The lowest BCUT2D eigenvalue weighted by molar-refractivity contribution is 0.207. The SMILES string of the molecule is NC(=O)Oc1sc2ccccc2c1OCC1CO1. The number of carbonyl (C=O) groups is 1. The Hall–Kier alpha value is -1.79. The van der Waals surface area contributed by atoms with Crippen molar-refractivity contribution in [3.05, 3.63) is 24.3 Å². The molecule has 0 bridgehead atoms. The van der Waals surface area contributed by atoms with E-state index in [1.54, 1.807) is 0 Å². The van der Waals surface area contributed by atoms with E-state index in [9.17, 15) is 4.79 Å². The van der Waals surface area contributed by atoms with Gasteiger partial charge in [0, 0.05) is 10.1 Å². The van der Waals surface area contributed by atoms with Crippen LogP contribution >= 0.6 is 11.3 Å². The first-order valence-corrected chi connectivity index (χ1v) is 6.29. The average Bonchev–Trinajstić information content (AvgIpc) is 3.09. The van der Waals surface area contributed by atoms with Gasteiger partial charge in [-0.1, -0.05) is 23.5 Å². The van der Waals surface area contributed by atoms with E-state index in [-0.39, 0.29) is 6.10 Å². The first-order valence-electron chi connectivity index (χ1n) is 5.47. The summed E-state index contributed by atoms with van der Waals surface area (Å²) in [7, 11) is 0. The van der Waals surface area contributed by atoms with E-state index in [0.29, 0.717) is 24.0 Å². The van der Waals surface area contributed by atoms with Gasteiger partial charge in [0.1, 0.15) is 12.7 Å². The highest BCUT2D eigenvalue weighted by molar-refractivity contribution is 7.21. The van der Waals surface area contributed by atoms with Crippen LogP contribution in [0.5, 0.6) is 10.8 Å². The molecule has 6 heteroatoms. The first-order chi connectivity index (χ1) is 8.74. The fourth-order valence-corrected chi connectivity index (χ4v) is 2.64. The quantitative estimate of drug-likeness (QED) is 0.859. The van der Waals surface area contributed by atoms with Gasteiger partial charge in [-0.2, -0.15) is 0 Å². The molecule has 2 N–H and O–H groups in total. The van der Waals surface area contributed by atoms with Gasteiger partial charge < -0.3 is 19.9 Å². The van der Waals surface area contributed by atoms with Crippen molar-refractivity contribution in [1.29, 1.82) is 0 Å². The second-order valence-electron chi connectivity index (χ2n) is 3.90. The molecule has 1 amide bonds. The van der Waals surface area contributed by atoms with Crippen molar-refractivity contribution in [2.45, 2.75) is 6.10 Å². The molecule has 1 aromatic heterocycles. The van der Waals surface area contributed by atoms with E-state index in [4.69, 9.17) is 19.9 Å². The Balaban J connectivity index is 1.96. The smallest absolute Gasteiger partial charge is 0.410 e. The number of hydrogen-bond acceptors (Lipinski definition) is 5. The molecule has 3 rings (SSSR count). The number of amides is 1. The molecule has 94 valence electrons. The molecule has 1 fully saturated rings. The third-order valence-electron chi connectivity index (χ3n) is 2.53. The van der Waals surface area contributed by atoms with Gasteiger partial charge in [-0.25, -0.2) is 4.79 Å². The second kappa shape index (κ2) is 4.47. The topological polar surface area (TPSA) is 74.1 Å². The van der Waals surface area contributed by atoms with Crippen LogP contribution in [0.4, 0.5) is 4.79 Å². The fraction of sp³-hybridized carbons (Fsp3) is 0.250. The molecule has 2 heterocycles. The van der Waals surface area contributed by atoms with Crippen molar-refractivity contribution in [3.63, 3.8) is 0 Å². The van der Waals surface area contributed by atoms with E-state index in [1.807, 2.05) is 24.3 Å². The highest BCUT2D eigenvalue weighted by atomic mass is 32.1. The van der Waals surface area contributed by atoms with Crippen molar-refractivity contribution in [3.8, 4) is 10.8 Å². The Morgan fingerprint density at radius 3 is 3.00 bits per heavy atom. The molecule has 5 nitrogen and oxygen atoms in total. The number of epoxide rings is 1. The summed E-state index contributed by atoms with van der Waals surface area (Å²) in [5.41, 5.74) is 5.05. The Morgan fingerprint density at radius 1 is 1.50 bits per heavy atom. The number of hydrogen-bond donors (Lipinski definition) is 1. The van der Waals surface area contributed by atoms with Crippen molar-refractivity contribution in [1.82, 2.24) is 0 Å². The van der Waals surface area contributed by atoms with Crippen LogP contribution in [0.25, 0.3) is 10.1 Å². The number of fused-ring (bicyclic) bond motifs is 1. The zero-order valence-corrected chi connectivity index (χ0v) is 10.2. The van der Waals surface area contributed by atoms with Crippen LogP contribution in [-0.4, -0.2) is 25.4 Å². The lowest BCUT2D eigenvalue weighted by Gasteiger charge is -2.05. The van der Waals surface area contributed by atoms with E-state index in [1.165, 1.54) is 11.3 Å². The molecule has 1 saturated heterocycles. The van der Waals surface area contributed by atoms with Crippen molar-refractivity contribution >= 4 is 27.5 Å². The van der Waals surface area contributed by atoms with E-state index >= 15 is 0 Å². The molecule has 1 aliphatic heterocycles. The molecular weight excluding hydrogens is 254 g/mol. The molecular formula is C12H11NO4S. The number of benzene rings is 1. The lowest BCUT2D eigenvalue weighted by Crippen LogP contribution is -2.16. The minimum atomic E-state index is -0.839. The molecule has 0 spiro atoms. The normalized spacial score (nSPS) is 17.7. The van der Waals surface area contributed by atoms with E-state index in [0.717, 1.165) is 10.1 Å².